The number of carbonyl (C=O) groups is 1. The molecule has 5 heteroatoms. The van der Waals surface area contributed by atoms with Gasteiger partial charge in [-0.15, -0.1) is 0 Å². The average Bonchev–Trinajstić information content (AvgIpc) is 2.08. The van der Waals surface area contributed by atoms with Crippen LogP contribution >= 0.6 is 0 Å². The summed E-state index contributed by atoms with van der Waals surface area (Å²) in [4.78, 5) is 10.8. The summed E-state index contributed by atoms with van der Waals surface area (Å²) < 4.78 is 0. The first kappa shape index (κ1) is 9.34. The quantitative estimate of drug-likeness (QED) is 0.354. The van der Waals surface area contributed by atoms with Gasteiger partial charge in [-0.05, 0) is 11.6 Å². The predicted octanol–water partition coefficient (Wildman–Crippen LogP) is -2.43. The second-order valence-electron chi connectivity index (χ2n) is 2.66. The fourth-order valence-electron chi connectivity index (χ4n) is 1.05. The van der Waals surface area contributed by atoms with Crippen molar-refractivity contribution in [1.82, 2.24) is 0 Å². The molecule has 0 saturated carbocycles. The number of aliphatic hydroxyl groups is 4. The number of aliphatic hydroxyl groups excluding tert-OH is 4. The summed E-state index contributed by atoms with van der Waals surface area (Å²) in [5.41, 5.74) is 0.0257. The van der Waals surface area contributed by atoms with Gasteiger partial charge < -0.3 is 20.4 Å². The SMILES string of the molecule is O=C1C=C(CO)[C@H](O)[C@@H](O)[C@H]1O. The molecule has 0 aromatic carbocycles. The van der Waals surface area contributed by atoms with Gasteiger partial charge in [0.1, 0.15) is 18.3 Å². The standard InChI is InChI=1S/C7H10O5/c8-2-3-1-4(9)6(11)7(12)5(3)10/h1,5-8,10-12H,2H2/t5-,6-,7+/m0/s1. The second-order valence-corrected chi connectivity index (χ2v) is 2.66. The van der Waals surface area contributed by atoms with Crippen LogP contribution in [0, 0.1) is 0 Å². The van der Waals surface area contributed by atoms with Crippen molar-refractivity contribution in [3.8, 4) is 0 Å². The molecule has 1 aliphatic rings. The van der Waals surface area contributed by atoms with Gasteiger partial charge in [0.25, 0.3) is 0 Å². The molecule has 3 atom stereocenters. The molecule has 0 bridgehead atoms. The zero-order chi connectivity index (χ0) is 9.30. The van der Waals surface area contributed by atoms with E-state index in [0.29, 0.717) is 0 Å². The van der Waals surface area contributed by atoms with Crippen molar-refractivity contribution in [2.45, 2.75) is 18.3 Å². The highest BCUT2D eigenvalue weighted by Gasteiger charge is 2.35. The van der Waals surface area contributed by atoms with Gasteiger partial charge in [-0.2, -0.15) is 0 Å². The van der Waals surface area contributed by atoms with E-state index < -0.39 is 30.7 Å². The third-order valence-electron chi connectivity index (χ3n) is 1.83. The van der Waals surface area contributed by atoms with Crippen molar-refractivity contribution >= 4 is 5.78 Å². The lowest BCUT2D eigenvalue weighted by Crippen LogP contribution is -2.46. The third-order valence-corrected chi connectivity index (χ3v) is 1.83. The second kappa shape index (κ2) is 3.32. The van der Waals surface area contributed by atoms with Gasteiger partial charge in [0.2, 0.25) is 0 Å². The summed E-state index contributed by atoms with van der Waals surface area (Å²) in [6, 6.07) is 0. The van der Waals surface area contributed by atoms with Crippen molar-refractivity contribution in [2.75, 3.05) is 6.61 Å². The third kappa shape index (κ3) is 1.39. The van der Waals surface area contributed by atoms with E-state index in [9.17, 15) is 4.79 Å². The fourth-order valence-corrected chi connectivity index (χ4v) is 1.05. The molecule has 4 N–H and O–H groups in total. The van der Waals surface area contributed by atoms with Gasteiger partial charge in [0.05, 0.1) is 6.61 Å². The van der Waals surface area contributed by atoms with E-state index in [2.05, 4.69) is 0 Å². The molecule has 0 spiro atoms. The van der Waals surface area contributed by atoms with Gasteiger partial charge >= 0.3 is 0 Å². The normalized spacial score (nSPS) is 36.5. The molecule has 0 saturated heterocycles. The van der Waals surface area contributed by atoms with Crippen LogP contribution in [0.5, 0.6) is 0 Å². The summed E-state index contributed by atoms with van der Waals surface area (Å²) in [7, 11) is 0. The maximum atomic E-state index is 10.8. The van der Waals surface area contributed by atoms with E-state index in [4.69, 9.17) is 20.4 Å². The average molecular weight is 174 g/mol. The number of rotatable bonds is 1. The molecule has 0 fully saturated rings. The number of hydrogen-bond donors (Lipinski definition) is 4. The van der Waals surface area contributed by atoms with Gasteiger partial charge in [-0.3, -0.25) is 4.79 Å². The maximum Gasteiger partial charge on any atom is 0.187 e. The molecule has 68 valence electrons. The van der Waals surface area contributed by atoms with Gasteiger partial charge in [-0.1, -0.05) is 0 Å². The maximum absolute atomic E-state index is 10.8. The summed E-state index contributed by atoms with van der Waals surface area (Å²) in [6.07, 6.45) is -3.54. The van der Waals surface area contributed by atoms with Crippen LogP contribution in [-0.2, 0) is 4.79 Å². The zero-order valence-corrected chi connectivity index (χ0v) is 6.21. The first-order chi connectivity index (χ1) is 5.57. The highest BCUT2D eigenvalue weighted by molar-refractivity contribution is 5.95. The Morgan fingerprint density at radius 3 is 2.33 bits per heavy atom. The van der Waals surface area contributed by atoms with Gasteiger partial charge in [-0.25, -0.2) is 0 Å². The number of ketones is 1. The molecule has 0 aromatic rings. The fraction of sp³-hybridized carbons (Fsp3) is 0.571. The van der Waals surface area contributed by atoms with Crippen LogP contribution in [0.25, 0.3) is 0 Å². The van der Waals surface area contributed by atoms with E-state index >= 15 is 0 Å². The van der Waals surface area contributed by atoms with Crippen LogP contribution in [0.15, 0.2) is 11.6 Å². The van der Waals surface area contributed by atoms with Crippen LogP contribution in [0.2, 0.25) is 0 Å². The first-order valence-corrected chi connectivity index (χ1v) is 3.47. The molecule has 0 unspecified atom stereocenters. The molecule has 0 aliphatic heterocycles. The van der Waals surface area contributed by atoms with Crippen LogP contribution in [0.1, 0.15) is 0 Å². The van der Waals surface area contributed by atoms with Crippen LogP contribution in [0.4, 0.5) is 0 Å². The number of carbonyl (C=O) groups excluding carboxylic acids is 1. The summed E-state index contributed by atoms with van der Waals surface area (Å²) in [6.45, 7) is -0.503. The van der Waals surface area contributed by atoms with E-state index in [1.807, 2.05) is 0 Å². The molecule has 0 aromatic heterocycles. The Morgan fingerprint density at radius 1 is 1.25 bits per heavy atom. The predicted molar refractivity (Wildman–Crippen MR) is 38.2 cm³/mol. The lowest BCUT2D eigenvalue weighted by Gasteiger charge is -2.26. The molecule has 0 radical (unpaired) electrons. The molecule has 12 heavy (non-hydrogen) atoms. The summed E-state index contributed by atoms with van der Waals surface area (Å²) in [5, 5.41) is 35.7. The Morgan fingerprint density at radius 2 is 1.83 bits per heavy atom. The minimum atomic E-state index is -1.59. The first-order valence-electron chi connectivity index (χ1n) is 3.47. The van der Waals surface area contributed by atoms with Crippen LogP contribution in [0.3, 0.4) is 0 Å². The molecular formula is C7H10O5. The topological polar surface area (TPSA) is 98.0 Å². The Kier molecular flexibility index (Phi) is 2.58. The Bertz CT molecular complexity index is 222. The molecule has 1 aliphatic carbocycles. The minimum absolute atomic E-state index is 0.0257. The lowest BCUT2D eigenvalue weighted by molar-refractivity contribution is -0.134. The van der Waals surface area contributed by atoms with E-state index in [1.165, 1.54) is 0 Å². The van der Waals surface area contributed by atoms with Crippen molar-refractivity contribution in [2.24, 2.45) is 0 Å². The monoisotopic (exact) mass is 174 g/mol. The zero-order valence-electron chi connectivity index (χ0n) is 6.21. The Balaban J connectivity index is 2.91. The molecule has 1 rings (SSSR count). The number of hydrogen-bond acceptors (Lipinski definition) is 5. The van der Waals surface area contributed by atoms with E-state index in [-0.39, 0.29) is 5.57 Å². The van der Waals surface area contributed by atoms with Crippen molar-refractivity contribution in [1.29, 1.82) is 0 Å². The van der Waals surface area contributed by atoms with Crippen LogP contribution in [-0.4, -0.2) is 51.1 Å². The Hall–Kier alpha value is -0.750. The molecule has 5 nitrogen and oxygen atoms in total. The van der Waals surface area contributed by atoms with Crippen LogP contribution < -0.4 is 0 Å². The molecule has 0 amide bonds. The van der Waals surface area contributed by atoms with E-state index in [1.54, 1.807) is 0 Å². The van der Waals surface area contributed by atoms with Crippen molar-refractivity contribution in [3.05, 3.63) is 11.6 Å². The minimum Gasteiger partial charge on any atom is -0.392 e. The van der Waals surface area contributed by atoms with Gasteiger partial charge in [0, 0.05) is 0 Å². The highest BCUT2D eigenvalue weighted by atomic mass is 16.4. The van der Waals surface area contributed by atoms with Gasteiger partial charge in [0.15, 0.2) is 5.78 Å². The molecule has 0 heterocycles. The smallest absolute Gasteiger partial charge is 0.187 e. The van der Waals surface area contributed by atoms with Crippen molar-refractivity contribution in [3.63, 3.8) is 0 Å². The van der Waals surface area contributed by atoms with E-state index in [0.717, 1.165) is 6.08 Å². The Labute approximate surface area is 68.6 Å². The lowest BCUT2D eigenvalue weighted by atomic mass is 9.91. The van der Waals surface area contributed by atoms with Crippen molar-refractivity contribution < 1.29 is 25.2 Å². The summed E-state index contributed by atoms with van der Waals surface area (Å²) in [5.74, 6) is -0.697. The summed E-state index contributed by atoms with van der Waals surface area (Å²) >= 11 is 0. The highest BCUT2D eigenvalue weighted by Crippen LogP contribution is 2.16. The largest absolute Gasteiger partial charge is 0.392 e. The molecular weight excluding hydrogens is 164 g/mol.